The Morgan fingerprint density at radius 1 is 1.27 bits per heavy atom. The SMILES string of the molecule is Cc1ccc(C=NNC(=O)COc2cc(Cl)c(Cl)cc2Cl)s1. The number of benzene rings is 1. The fourth-order valence-electron chi connectivity index (χ4n) is 1.48. The van der Waals surface area contributed by atoms with Gasteiger partial charge >= 0.3 is 0 Å². The Balaban J connectivity index is 1.85. The number of hydrogen-bond acceptors (Lipinski definition) is 4. The summed E-state index contributed by atoms with van der Waals surface area (Å²) < 4.78 is 5.28. The number of halogens is 3. The molecule has 2 rings (SSSR count). The van der Waals surface area contributed by atoms with E-state index in [1.165, 1.54) is 17.0 Å². The summed E-state index contributed by atoms with van der Waals surface area (Å²) in [6.07, 6.45) is 1.57. The van der Waals surface area contributed by atoms with Crippen molar-refractivity contribution in [2.24, 2.45) is 5.10 Å². The molecule has 0 bridgehead atoms. The Morgan fingerprint density at radius 2 is 2.00 bits per heavy atom. The zero-order valence-electron chi connectivity index (χ0n) is 11.4. The maximum absolute atomic E-state index is 11.6. The van der Waals surface area contributed by atoms with Crippen LogP contribution < -0.4 is 10.2 Å². The highest BCUT2D eigenvalue weighted by Gasteiger charge is 2.09. The van der Waals surface area contributed by atoms with Crippen molar-refractivity contribution in [1.82, 2.24) is 5.43 Å². The summed E-state index contributed by atoms with van der Waals surface area (Å²) in [5.41, 5.74) is 2.37. The first-order chi connectivity index (χ1) is 10.5. The van der Waals surface area contributed by atoms with Crippen LogP contribution >= 0.6 is 46.1 Å². The Hall–Kier alpha value is -1.27. The van der Waals surface area contributed by atoms with Gasteiger partial charge in [0.1, 0.15) is 5.75 Å². The molecule has 0 aliphatic heterocycles. The first kappa shape index (κ1) is 17.1. The molecule has 116 valence electrons. The molecule has 0 aliphatic rings. The smallest absolute Gasteiger partial charge is 0.277 e. The van der Waals surface area contributed by atoms with E-state index in [4.69, 9.17) is 39.5 Å². The second-order valence-corrected chi connectivity index (χ2v) is 6.77. The summed E-state index contributed by atoms with van der Waals surface area (Å²) in [7, 11) is 0. The van der Waals surface area contributed by atoms with Gasteiger partial charge in [-0.3, -0.25) is 4.79 Å². The summed E-state index contributed by atoms with van der Waals surface area (Å²) in [6.45, 7) is 1.76. The van der Waals surface area contributed by atoms with E-state index >= 15 is 0 Å². The van der Waals surface area contributed by atoms with Crippen LogP contribution in [-0.2, 0) is 4.79 Å². The van der Waals surface area contributed by atoms with Gasteiger partial charge in [0.15, 0.2) is 6.61 Å². The topological polar surface area (TPSA) is 50.7 Å². The molecule has 2 aromatic rings. The van der Waals surface area contributed by atoms with Crippen molar-refractivity contribution in [2.45, 2.75) is 6.92 Å². The van der Waals surface area contributed by atoms with Gasteiger partial charge < -0.3 is 4.74 Å². The molecule has 0 unspecified atom stereocenters. The molecular weight excluding hydrogens is 367 g/mol. The van der Waals surface area contributed by atoms with E-state index in [1.807, 2.05) is 19.1 Å². The summed E-state index contributed by atoms with van der Waals surface area (Å²) in [5.74, 6) is -0.129. The van der Waals surface area contributed by atoms with E-state index in [0.29, 0.717) is 10.0 Å². The highest BCUT2D eigenvalue weighted by atomic mass is 35.5. The van der Waals surface area contributed by atoms with Crippen LogP contribution in [0.3, 0.4) is 0 Å². The summed E-state index contributed by atoms with van der Waals surface area (Å²) in [5, 5.41) is 4.74. The summed E-state index contributed by atoms with van der Waals surface area (Å²) >= 11 is 19.2. The van der Waals surface area contributed by atoms with Crippen molar-refractivity contribution >= 4 is 58.3 Å². The molecule has 0 saturated heterocycles. The Morgan fingerprint density at radius 3 is 2.68 bits per heavy atom. The first-order valence-electron chi connectivity index (χ1n) is 6.11. The van der Waals surface area contributed by atoms with Crippen molar-refractivity contribution in [3.05, 3.63) is 49.1 Å². The average Bonchev–Trinajstić information content (AvgIpc) is 2.87. The van der Waals surface area contributed by atoms with Crippen LogP contribution in [0.2, 0.25) is 15.1 Å². The number of rotatable bonds is 5. The van der Waals surface area contributed by atoms with Crippen LogP contribution in [0.4, 0.5) is 0 Å². The van der Waals surface area contributed by atoms with Crippen LogP contribution in [0.1, 0.15) is 9.75 Å². The Labute approximate surface area is 146 Å². The number of hydrogen-bond donors (Lipinski definition) is 1. The number of hydrazone groups is 1. The zero-order valence-corrected chi connectivity index (χ0v) is 14.5. The standard InChI is InChI=1S/C14H11Cl3N2O2S/c1-8-2-3-9(22-8)6-18-19-14(20)7-21-13-5-11(16)10(15)4-12(13)17/h2-6H,7H2,1H3,(H,19,20). The summed E-state index contributed by atoms with van der Waals surface area (Å²) in [4.78, 5) is 13.7. The van der Waals surface area contributed by atoms with Crippen molar-refractivity contribution in [2.75, 3.05) is 6.61 Å². The first-order valence-corrected chi connectivity index (χ1v) is 8.06. The predicted octanol–water partition coefficient (Wildman–Crippen LogP) is 4.55. The lowest BCUT2D eigenvalue weighted by Crippen LogP contribution is -2.24. The third-order valence-electron chi connectivity index (χ3n) is 2.48. The van der Waals surface area contributed by atoms with Gasteiger partial charge in [0.25, 0.3) is 5.91 Å². The quantitative estimate of drug-likeness (QED) is 0.472. The highest BCUT2D eigenvalue weighted by molar-refractivity contribution is 7.13. The molecule has 1 N–H and O–H groups in total. The molecule has 4 nitrogen and oxygen atoms in total. The normalized spacial score (nSPS) is 10.9. The molecule has 8 heteroatoms. The van der Waals surface area contributed by atoms with E-state index in [-0.39, 0.29) is 17.4 Å². The zero-order chi connectivity index (χ0) is 16.1. The minimum atomic E-state index is -0.410. The van der Waals surface area contributed by atoms with Crippen molar-refractivity contribution in [3.63, 3.8) is 0 Å². The van der Waals surface area contributed by atoms with Crippen molar-refractivity contribution < 1.29 is 9.53 Å². The number of amides is 1. The molecule has 0 aliphatic carbocycles. The van der Waals surface area contributed by atoms with Gasteiger partial charge in [-0.2, -0.15) is 5.10 Å². The molecule has 0 saturated carbocycles. The van der Waals surface area contributed by atoms with E-state index in [2.05, 4.69) is 10.5 Å². The monoisotopic (exact) mass is 376 g/mol. The van der Waals surface area contributed by atoms with Gasteiger partial charge in [-0.25, -0.2) is 5.43 Å². The molecule has 0 fully saturated rings. The molecule has 1 aromatic carbocycles. The van der Waals surface area contributed by atoms with Gasteiger partial charge in [0, 0.05) is 15.8 Å². The fraction of sp³-hybridized carbons (Fsp3) is 0.143. The molecule has 0 atom stereocenters. The number of ether oxygens (including phenoxy) is 1. The number of carbonyl (C=O) groups excluding carboxylic acids is 1. The summed E-state index contributed by atoms with van der Waals surface area (Å²) in [6, 6.07) is 6.80. The molecule has 1 aromatic heterocycles. The van der Waals surface area contributed by atoms with Crippen LogP contribution in [-0.4, -0.2) is 18.7 Å². The fourth-order valence-corrected chi connectivity index (χ4v) is 2.82. The van der Waals surface area contributed by atoms with Gasteiger partial charge in [-0.15, -0.1) is 11.3 Å². The molecule has 0 radical (unpaired) electrons. The third-order valence-corrected chi connectivity index (χ3v) is 4.43. The Kier molecular flexibility index (Phi) is 6.08. The van der Waals surface area contributed by atoms with E-state index in [0.717, 1.165) is 4.88 Å². The predicted molar refractivity (Wildman–Crippen MR) is 91.8 cm³/mol. The van der Waals surface area contributed by atoms with Crippen LogP contribution in [0.15, 0.2) is 29.4 Å². The van der Waals surface area contributed by atoms with Gasteiger partial charge in [0.05, 0.1) is 21.3 Å². The van der Waals surface area contributed by atoms with E-state index < -0.39 is 5.91 Å². The number of aryl methyl sites for hydroxylation is 1. The molecular formula is C14H11Cl3N2O2S. The largest absolute Gasteiger partial charge is 0.482 e. The molecule has 0 spiro atoms. The lowest BCUT2D eigenvalue weighted by Gasteiger charge is -2.08. The Bertz CT molecular complexity index is 716. The van der Waals surface area contributed by atoms with E-state index in [1.54, 1.807) is 17.6 Å². The van der Waals surface area contributed by atoms with Gasteiger partial charge in [-0.05, 0) is 25.1 Å². The van der Waals surface area contributed by atoms with Gasteiger partial charge in [0.2, 0.25) is 0 Å². The molecule has 1 heterocycles. The van der Waals surface area contributed by atoms with Gasteiger partial charge in [-0.1, -0.05) is 34.8 Å². The minimum Gasteiger partial charge on any atom is -0.482 e. The number of carbonyl (C=O) groups is 1. The molecule has 1 amide bonds. The molecule has 22 heavy (non-hydrogen) atoms. The van der Waals surface area contributed by atoms with E-state index in [9.17, 15) is 4.79 Å². The second kappa shape index (κ2) is 7.83. The minimum absolute atomic E-state index is 0.238. The van der Waals surface area contributed by atoms with Crippen LogP contribution in [0.25, 0.3) is 0 Å². The lowest BCUT2D eigenvalue weighted by molar-refractivity contribution is -0.123. The second-order valence-electron chi connectivity index (χ2n) is 4.23. The van der Waals surface area contributed by atoms with Crippen LogP contribution in [0, 0.1) is 6.92 Å². The lowest BCUT2D eigenvalue weighted by atomic mass is 10.3. The van der Waals surface area contributed by atoms with Crippen molar-refractivity contribution in [3.8, 4) is 5.75 Å². The average molecular weight is 378 g/mol. The maximum atomic E-state index is 11.6. The van der Waals surface area contributed by atoms with Crippen LogP contribution in [0.5, 0.6) is 5.75 Å². The van der Waals surface area contributed by atoms with Crippen molar-refractivity contribution in [1.29, 1.82) is 0 Å². The number of nitrogens with one attached hydrogen (secondary N) is 1. The number of nitrogens with zero attached hydrogens (tertiary/aromatic N) is 1. The highest BCUT2D eigenvalue weighted by Crippen LogP contribution is 2.33. The number of thiophene rings is 1. The third kappa shape index (κ3) is 4.88. The maximum Gasteiger partial charge on any atom is 0.277 e.